The van der Waals surface area contributed by atoms with Crippen LogP contribution >= 0.6 is 0 Å². The summed E-state index contributed by atoms with van der Waals surface area (Å²) in [6.07, 6.45) is 5.95. The van der Waals surface area contributed by atoms with Crippen LogP contribution in [0.15, 0.2) is 34.4 Å². The van der Waals surface area contributed by atoms with E-state index < -0.39 is 17.2 Å². The van der Waals surface area contributed by atoms with E-state index in [2.05, 4.69) is 10.3 Å². The number of hydrogen-bond donors (Lipinski definition) is 1. The summed E-state index contributed by atoms with van der Waals surface area (Å²) in [5, 5.41) is 2.70. The molecule has 0 radical (unpaired) electrons. The monoisotopic (exact) mass is 291 g/mol. The van der Waals surface area contributed by atoms with Crippen LogP contribution in [0.4, 0.5) is 0 Å². The lowest BCUT2D eigenvalue weighted by Gasteiger charge is -2.10. The van der Waals surface area contributed by atoms with E-state index in [-0.39, 0.29) is 5.69 Å². The first kappa shape index (κ1) is 14.8. The number of aromatic nitrogens is 4. The Morgan fingerprint density at radius 2 is 2.05 bits per heavy atom. The first-order valence-electron chi connectivity index (χ1n) is 6.51. The normalized spacial score (nSPS) is 10.6. The van der Waals surface area contributed by atoms with E-state index >= 15 is 0 Å². The van der Waals surface area contributed by atoms with Gasteiger partial charge in [-0.05, 0) is 6.42 Å². The van der Waals surface area contributed by atoms with Crippen molar-refractivity contribution in [3.8, 4) is 0 Å². The molecule has 0 aromatic carbocycles. The van der Waals surface area contributed by atoms with Gasteiger partial charge in [0.15, 0.2) is 0 Å². The number of amides is 1. The lowest BCUT2D eigenvalue weighted by molar-refractivity contribution is 0.0942. The number of carbonyl (C=O) groups is 1. The molecule has 21 heavy (non-hydrogen) atoms. The fourth-order valence-corrected chi connectivity index (χ4v) is 1.92. The van der Waals surface area contributed by atoms with Crippen LogP contribution in [-0.2, 0) is 20.6 Å². The van der Waals surface area contributed by atoms with Crippen LogP contribution in [0.1, 0.15) is 16.9 Å². The van der Waals surface area contributed by atoms with Crippen molar-refractivity contribution < 1.29 is 4.79 Å². The highest BCUT2D eigenvalue weighted by Gasteiger charge is 2.12. The average molecular weight is 291 g/mol. The fraction of sp³-hybridized carbons (Fsp3) is 0.385. The van der Waals surface area contributed by atoms with E-state index in [1.165, 1.54) is 14.1 Å². The third kappa shape index (κ3) is 3.28. The van der Waals surface area contributed by atoms with Gasteiger partial charge < -0.3 is 9.88 Å². The van der Waals surface area contributed by atoms with Crippen molar-refractivity contribution in [3.63, 3.8) is 0 Å². The predicted octanol–water partition coefficient (Wildman–Crippen LogP) is -0.899. The number of nitrogens with one attached hydrogen (secondary N) is 1. The second-order valence-electron chi connectivity index (χ2n) is 4.68. The average Bonchev–Trinajstić information content (AvgIpc) is 2.98. The molecule has 2 aromatic heterocycles. The summed E-state index contributed by atoms with van der Waals surface area (Å²) in [7, 11) is 2.83. The Kier molecular flexibility index (Phi) is 4.36. The molecule has 8 heteroatoms. The van der Waals surface area contributed by atoms with E-state index in [1.54, 1.807) is 12.5 Å². The van der Waals surface area contributed by atoms with E-state index in [1.807, 2.05) is 10.8 Å². The summed E-state index contributed by atoms with van der Waals surface area (Å²) >= 11 is 0. The van der Waals surface area contributed by atoms with Gasteiger partial charge in [0.05, 0.1) is 6.33 Å². The number of hydrogen-bond acceptors (Lipinski definition) is 4. The maximum atomic E-state index is 12.0. The zero-order chi connectivity index (χ0) is 15.4. The molecule has 8 nitrogen and oxygen atoms in total. The first-order valence-corrected chi connectivity index (χ1v) is 6.51. The Bertz CT molecular complexity index is 742. The standard InChI is InChI=1S/C13H17N5O3/c1-16-10(8-11(19)17(2)13(16)21)12(20)15-4-3-6-18-7-5-14-9-18/h5,7-9H,3-4,6H2,1-2H3,(H,15,20). The molecule has 0 bridgehead atoms. The van der Waals surface area contributed by atoms with E-state index in [9.17, 15) is 14.4 Å². The van der Waals surface area contributed by atoms with E-state index in [0.717, 1.165) is 28.2 Å². The molecule has 2 rings (SSSR count). The molecular weight excluding hydrogens is 274 g/mol. The predicted molar refractivity (Wildman–Crippen MR) is 76.1 cm³/mol. The van der Waals surface area contributed by atoms with Gasteiger partial charge in [0.25, 0.3) is 11.5 Å². The Morgan fingerprint density at radius 3 is 2.71 bits per heavy atom. The molecule has 2 aromatic rings. The summed E-state index contributed by atoms with van der Waals surface area (Å²) in [6.45, 7) is 1.18. The number of aryl methyl sites for hydroxylation is 1. The fourth-order valence-electron chi connectivity index (χ4n) is 1.92. The molecule has 1 amide bonds. The summed E-state index contributed by atoms with van der Waals surface area (Å²) in [5.41, 5.74) is -0.960. The number of carbonyl (C=O) groups excluding carboxylic acids is 1. The quantitative estimate of drug-likeness (QED) is 0.723. The summed E-state index contributed by atoms with van der Waals surface area (Å²) in [6, 6.07) is 1.16. The van der Waals surface area contributed by atoms with E-state index in [0.29, 0.717) is 6.54 Å². The molecule has 0 atom stereocenters. The van der Waals surface area contributed by atoms with Gasteiger partial charge in [0.2, 0.25) is 0 Å². The van der Waals surface area contributed by atoms with Gasteiger partial charge in [-0.3, -0.25) is 18.7 Å². The van der Waals surface area contributed by atoms with Gasteiger partial charge in [0.1, 0.15) is 5.69 Å². The lowest BCUT2D eigenvalue weighted by Crippen LogP contribution is -2.41. The Hall–Kier alpha value is -2.64. The van der Waals surface area contributed by atoms with Crippen molar-refractivity contribution in [2.24, 2.45) is 14.1 Å². The third-order valence-electron chi connectivity index (χ3n) is 3.20. The minimum atomic E-state index is -0.522. The Labute approximate surface area is 120 Å². The van der Waals surface area contributed by atoms with Crippen LogP contribution in [0.3, 0.4) is 0 Å². The highest BCUT2D eigenvalue weighted by molar-refractivity contribution is 5.92. The largest absolute Gasteiger partial charge is 0.351 e. The molecule has 0 fully saturated rings. The summed E-state index contributed by atoms with van der Waals surface area (Å²) in [4.78, 5) is 39.2. The molecule has 0 spiro atoms. The zero-order valence-electron chi connectivity index (χ0n) is 11.9. The smallest absolute Gasteiger partial charge is 0.331 e. The van der Waals surface area contributed by atoms with Gasteiger partial charge in [-0.1, -0.05) is 0 Å². The van der Waals surface area contributed by atoms with Gasteiger partial charge in [-0.25, -0.2) is 9.78 Å². The molecule has 0 aliphatic heterocycles. The molecular formula is C13H17N5O3. The van der Waals surface area contributed by atoms with Crippen molar-refractivity contribution >= 4 is 5.91 Å². The maximum Gasteiger partial charge on any atom is 0.331 e. The van der Waals surface area contributed by atoms with Crippen LogP contribution in [0.5, 0.6) is 0 Å². The van der Waals surface area contributed by atoms with Crippen molar-refractivity contribution in [2.75, 3.05) is 6.54 Å². The van der Waals surface area contributed by atoms with E-state index in [4.69, 9.17) is 0 Å². The van der Waals surface area contributed by atoms with Crippen LogP contribution < -0.4 is 16.6 Å². The van der Waals surface area contributed by atoms with Gasteiger partial charge in [0, 0.05) is 45.6 Å². The van der Waals surface area contributed by atoms with Crippen molar-refractivity contribution in [1.82, 2.24) is 24.0 Å². The van der Waals surface area contributed by atoms with Crippen LogP contribution in [0, 0.1) is 0 Å². The highest BCUT2D eigenvalue weighted by atomic mass is 16.2. The van der Waals surface area contributed by atoms with Crippen molar-refractivity contribution in [2.45, 2.75) is 13.0 Å². The maximum absolute atomic E-state index is 12.0. The zero-order valence-corrected chi connectivity index (χ0v) is 11.9. The van der Waals surface area contributed by atoms with Crippen LogP contribution in [0.2, 0.25) is 0 Å². The van der Waals surface area contributed by atoms with Gasteiger partial charge in [-0.2, -0.15) is 0 Å². The van der Waals surface area contributed by atoms with Gasteiger partial charge >= 0.3 is 5.69 Å². The lowest BCUT2D eigenvalue weighted by atomic mass is 10.3. The molecule has 0 aliphatic rings. The highest BCUT2D eigenvalue weighted by Crippen LogP contribution is 1.93. The minimum absolute atomic E-state index is 0.0609. The van der Waals surface area contributed by atoms with Crippen LogP contribution in [0.25, 0.3) is 0 Å². The van der Waals surface area contributed by atoms with Crippen molar-refractivity contribution in [3.05, 3.63) is 51.3 Å². The second kappa shape index (κ2) is 6.21. The third-order valence-corrected chi connectivity index (χ3v) is 3.20. The number of rotatable bonds is 5. The second-order valence-corrected chi connectivity index (χ2v) is 4.68. The number of nitrogens with zero attached hydrogens (tertiary/aromatic N) is 4. The SMILES string of the molecule is Cn1c(C(=O)NCCCn2ccnc2)cc(=O)n(C)c1=O. The molecule has 1 N–H and O–H groups in total. The van der Waals surface area contributed by atoms with Crippen LogP contribution in [-0.4, -0.2) is 31.1 Å². The molecule has 0 saturated carbocycles. The Balaban J connectivity index is 1.98. The summed E-state index contributed by atoms with van der Waals surface area (Å²) < 4.78 is 4.02. The molecule has 2 heterocycles. The van der Waals surface area contributed by atoms with Crippen molar-refractivity contribution in [1.29, 1.82) is 0 Å². The minimum Gasteiger partial charge on any atom is -0.351 e. The number of imidazole rings is 1. The molecule has 0 unspecified atom stereocenters. The topological polar surface area (TPSA) is 90.9 Å². The Morgan fingerprint density at radius 1 is 1.29 bits per heavy atom. The first-order chi connectivity index (χ1) is 10.0. The molecule has 0 saturated heterocycles. The summed E-state index contributed by atoms with van der Waals surface area (Å²) in [5.74, 6) is -0.432. The van der Waals surface area contributed by atoms with Gasteiger partial charge in [-0.15, -0.1) is 0 Å². The molecule has 0 aliphatic carbocycles. The molecule has 112 valence electrons.